The second-order valence-corrected chi connectivity index (χ2v) is 4.19. The first-order chi connectivity index (χ1) is 8.04. The van der Waals surface area contributed by atoms with Gasteiger partial charge in [0.05, 0.1) is 11.1 Å². The van der Waals surface area contributed by atoms with E-state index >= 15 is 0 Å². The summed E-state index contributed by atoms with van der Waals surface area (Å²) in [7, 11) is 0. The number of rotatable bonds is 1. The number of pyridine rings is 1. The number of carbonyl (C=O) groups excluding carboxylic acids is 1. The number of aryl methyl sites for hydroxylation is 3. The van der Waals surface area contributed by atoms with Gasteiger partial charge in [0.1, 0.15) is 0 Å². The van der Waals surface area contributed by atoms with Crippen LogP contribution in [0.4, 0.5) is 0 Å². The first-order valence-corrected chi connectivity index (χ1v) is 5.43. The summed E-state index contributed by atoms with van der Waals surface area (Å²) in [6.07, 6.45) is 0. The maximum Gasteiger partial charge on any atom is 0.265 e. The Balaban J connectivity index is 2.86. The molecule has 2 aromatic rings. The molecule has 0 fully saturated rings. The molecule has 4 heteroatoms. The fourth-order valence-electron chi connectivity index (χ4n) is 1.92. The van der Waals surface area contributed by atoms with Gasteiger partial charge in [0, 0.05) is 11.1 Å². The van der Waals surface area contributed by atoms with Gasteiger partial charge in [-0.3, -0.25) is 15.2 Å². The first kappa shape index (κ1) is 11.5. The van der Waals surface area contributed by atoms with Crippen molar-refractivity contribution in [2.75, 3.05) is 0 Å². The Kier molecular flexibility index (Phi) is 2.81. The van der Waals surface area contributed by atoms with Crippen molar-refractivity contribution in [1.29, 1.82) is 0 Å². The third-order valence-corrected chi connectivity index (χ3v) is 3.01. The topological polar surface area (TPSA) is 68.0 Å². The highest BCUT2D eigenvalue weighted by Gasteiger charge is 2.12. The van der Waals surface area contributed by atoms with E-state index in [0.29, 0.717) is 5.56 Å². The van der Waals surface area contributed by atoms with Crippen LogP contribution in [0.5, 0.6) is 0 Å². The summed E-state index contributed by atoms with van der Waals surface area (Å²) < 4.78 is 0. The van der Waals surface area contributed by atoms with E-state index in [1.54, 1.807) is 6.07 Å². The fourth-order valence-corrected chi connectivity index (χ4v) is 1.92. The number of amides is 1. The van der Waals surface area contributed by atoms with Gasteiger partial charge in [0.2, 0.25) is 0 Å². The molecule has 0 radical (unpaired) electrons. The molecule has 1 aromatic heterocycles. The predicted molar refractivity (Wildman–Crippen MR) is 67.6 cm³/mol. The van der Waals surface area contributed by atoms with Gasteiger partial charge in [-0.2, -0.15) is 0 Å². The van der Waals surface area contributed by atoms with Gasteiger partial charge in [-0.05, 0) is 38.0 Å². The molecule has 0 unspecified atom stereocenters. The van der Waals surface area contributed by atoms with E-state index < -0.39 is 0 Å². The highest BCUT2D eigenvalue weighted by molar-refractivity contribution is 6.06. The van der Waals surface area contributed by atoms with Gasteiger partial charge < -0.3 is 0 Å². The standard InChI is InChI=1S/C13H15N3O/c1-7-4-5-10-11(13(17)16-14)6-8(2)15-12(10)9(7)3/h4-6H,14H2,1-3H3,(H,16,17). The lowest BCUT2D eigenvalue weighted by Gasteiger charge is -2.10. The highest BCUT2D eigenvalue weighted by Crippen LogP contribution is 2.23. The van der Waals surface area contributed by atoms with Gasteiger partial charge in [0.25, 0.3) is 5.91 Å². The number of hydrogen-bond acceptors (Lipinski definition) is 3. The number of nitrogen functional groups attached to an aromatic ring is 1. The van der Waals surface area contributed by atoms with Crippen LogP contribution in [0.25, 0.3) is 10.9 Å². The van der Waals surface area contributed by atoms with Crippen LogP contribution in [-0.4, -0.2) is 10.9 Å². The van der Waals surface area contributed by atoms with E-state index in [1.165, 1.54) is 0 Å². The molecule has 1 heterocycles. The quantitative estimate of drug-likeness (QED) is 0.445. The van der Waals surface area contributed by atoms with Crippen molar-refractivity contribution in [2.45, 2.75) is 20.8 Å². The minimum atomic E-state index is -0.288. The Morgan fingerprint density at radius 2 is 2.00 bits per heavy atom. The van der Waals surface area contributed by atoms with Crippen molar-refractivity contribution in [3.05, 3.63) is 40.6 Å². The molecule has 17 heavy (non-hydrogen) atoms. The van der Waals surface area contributed by atoms with Crippen molar-refractivity contribution in [3.8, 4) is 0 Å². The van der Waals surface area contributed by atoms with Gasteiger partial charge in [-0.1, -0.05) is 12.1 Å². The molecule has 88 valence electrons. The second kappa shape index (κ2) is 4.14. The molecular formula is C13H15N3O. The zero-order valence-electron chi connectivity index (χ0n) is 10.2. The number of hydrogen-bond donors (Lipinski definition) is 2. The van der Waals surface area contributed by atoms with Crippen LogP contribution in [0.15, 0.2) is 18.2 Å². The van der Waals surface area contributed by atoms with Crippen molar-refractivity contribution in [3.63, 3.8) is 0 Å². The molecule has 3 N–H and O–H groups in total. The smallest absolute Gasteiger partial charge is 0.265 e. The van der Waals surface area contributed by atoms with Crippen LogP contribution in [-0.2, 0) is 0 Å². The average Bonchev–Trinajstić information content (AvgIpc) is 2.32. The number of nitrogens with two attached hydrogens (primary N) is 1. The maximum absolute atomic E-state index is 11.7. The molecule has 0 atom stereocenters. The van der Waals surface area contributed by atoms with Crippen molar-refractivity contribution >= 4 is 16.8 Å². The third kappa shape index (κ3) is 1.87. The summed E-state index contributed by atoms with van der Waals surface area (Å²) in [5.41, 5.74) is 6.67. The van der Waals surface area contributed by atoms with E-state index in [2.05, 4.69) is 10.4 Å². The van der Waals surface area contributed by atoms with Crippen LogP contribution >= 0.6 is 0 Å². The summed E-state index contributed by atoms with van der Waals surface area (Å²) in [6, 6.07) is 5.65. The lowest BCUT2D eigenvalue weighted by atomic mass is 10.0. The molecule has 4 nitrogen and oxygen atoms in total. The summed E-state index contributed by atoms with van der Waals surface area (Å²) in [5.74, 6) is 4.90. The lowest BCUT2D eigenvalue weighted by molar-refractivity contribution is 0.0955. The lowest BCUT2D eigenvalue weighted by Crippen LogP contribution is -2.30. The number of nitrogens with one attached hydrogen (secondary N) is 1. The number of hydrazine groups is 1. The number of nitrogens with zero attached hydrogens (tertiary/aromatic N) is 1. The number of aromatic nitrogens is 1. The Hall–Kier alpha value is -1.94. The summed E-state index contributed by atoms with van der Waals surface area (Å²) in [4.78, 5) is 16.2. The monoisotopic (exact) mass is 229 g/mol. The summed E-state index contributed by atoms with van der Waals surface area (Å²) in [5, 5.41) is 0.835. The molecular weight excluding hydrogens is 214 g/mol. The van der Waals surface area contributed by atoms with Gasteiger partial charge in [0.15, 0.2) is 0 Å². The van der Waals surface area contributed by atoms with E-state index in [0.717, 1.165) is 27.7 Å². The number of fused-ring (bicyclic) bond motifs is 1. The van der Waals surface area contributed by atoms with Crippen molar-refractivity contribution in [1.82, 2.24) is 10.4 Å². The zero-order valence-corrected chi connectivity index (χ0v) is 10.2. The van der Waals surface area contributed by atoms with Gasteiger partial charge in [-0.25, -0.2) is 5.84 Å². The molecule has 0 aliphatic carbocycles. The Morgan fingerprint density at radius 3 is 2.65 bits per heavy atom. The minimum Gasteiger partial charge on any atom is -0.290 e. The molecule has 0 saturated carbocycles. The summed E-state index contributed by atoms with van der Waals surface area (Å²) >= 11 is 0. The predicted octanol–water partition coefficient (Wildman–Crippen LogP) is 1.76. The highest BCUT2D eigenvalue weighted by atomic mass is 16.2. The minimum absolute atomic E-state index is 0.288. The number of benzene rings is 1. The average molecular weight is 229 g/mol. The third-order valence-electron chi connectivity index (χ3n) is 3.01. The molecule has 0 saturated heterocycles. The Bertz CT molecular complexity index is 605. The first-order valence-electron chi connectivity index (χ1n) is 5.43. The van der Waals surface area contributed by atoms with Crippen molar-refractivity contribution in [2.24, 2.45) is 5.84 Å². The van der Waals surface area contributed by atoms with Gasteiger partial charge in [-0.15, -0.1) is 0 Å². The molecule has 0 bridgehead atoms. The van der Waals surface area contributed by atoms with Crippen molar-refractivity contribution < 1.29 is 4.79 Å². The van der Waals surface area contributed by atoms with Gasteiger partial charge >= 0.3 is 0 Å². The normalized spacial score (nSPS) is 10.6. The summed E-state index contributed by atoms with van der Waals surface area (Å²) in [6.45, 7) is 5.91. The number of carbonyl (C=O) groups is 1. The Labute approximate surface area is 99.8 Å². The molecule has 2 rings (SSSR count). The van der Waals surface area contributed by atoms with Crippen LogP contribution in [0.3, 0.4) is 0 Å². The van der Waals surface area contributed by atoms with E-state index in [1.807, 2.05) is 32.9 Å². The largest absolute Gasteiger partial charge is 0.290 e. The zero-order chi connectivity index (χ0) is 12.6. The maximum atomic E-state index is 11.7. The van der Waals surface area contributed by atoms with E-state index in [4.69, 9.17) is 5.84 Å². The Morgan fingerprint density at radius 1 is 1.29 bits per heavy atom. The fraction of sp³-hybridized carbons (Fsp3) is 0.231. The second-order valence-electron chi connectivity index (χ2n) is 4.19. The van der Waals surface area contributed by atoms with Crippen LogP contribution < -0.4 is 11.3 Å². The van der Waals surface area contributed by atoms with Crippen LogP contribution in [0, 0.1) is 20.8 Å². The molecule has 0 spiro atoms. The SMILES string of the molecule is Cc1cc(C(=O)NN)c2ccc(C)c(C)c2n1. The molecule has 0 aliphatic heterocycles. The molecule has 0 aliphatic rings. The van der Waals surface area contributed by atoms with Crippen LogP contribution in [0.1, 0.15) is 27.2 Å². The van der Waals surface area contributed by atoms with E-state index in [-0.39, 0.29) is 5.91 Å². The molecule has 1 amide bonds. The van der Waals surface area contributed by atoms with Crippen LogP contribution in [0.2, 0.25) is 0 Å². The van der Waals surface area contributed by atoms with E-state index in [9.17, 15) is 4.79 Å². The molecule has 1 aromatic carbocycles.